The first-order chi connectivity index (χ1) is 10.1. The first-order valence-corrected chi connectivity index (χ1v) is 6.37. The van der Waals surface area contributed by atoms with Crippen LogP contribution in [-0.2, 0) is 9.47 Å². The molecule has 0 radical (unpaired) electrons. The minimum atomic E-state index is -0.583. The van der Waals surface area contributed by atoms with Crippen LogP contribution in [0, 0.1) is 0 Å². The molecule has 0 aliphatic carbocycles. The van der Waals surface area contributed by atoms with Crippen LogP contribution >= 0.6 is 0 Å². The number of hydrogen-bond donors (Lipinski definition) is 4. The van der Waals surface area contributed by atoms with Crippen LogP contribution in [0.5, 0.6) is 0 Å². The van der Waals surface area contributed by atoms with E-state index in [2.05, 4.69) is 15.0 Å². The summed E-state index contributed by atoms with van der Waals surface area (Å²) in [7, 11) is 1.53. The fourth-order valence-corrected chi connectivity index (χ4v) is 2.55. The molecule has 7 N–H and O–H groups in total. The summed E-state index contributed by atoms with van der Waals surface area (Å²) in [6.45, 7) is -0.205. The molecule has 0 aromatic carbocycles. The van der Waals surface area contributed by atoms with Crippen LogP contribution in [-0.4, -0.2) is 56.6 Å². The number of aromatic nitrogens is 4. The molecule has 1 fully saturated rings. The highest BCUT2D eigenvalue weighted by Gasteiger charge is 2.44. The standard InChI is InChI=1S/C11H17N7O3/c1-20-7-5(12)4(2-19)21-10(7)18-3-15-6-8(13)16-11(14)17-9(6)18/h3-5,7,10,19H,2,12H2,1H3,(H4,13,14,16,17)/t4-,5?,7?,10-/m1/s1. The Morgan fingerprint density at radius 3 is 2.86 bits per heavy atom. The largest absolute Gasteiger partial charge is 0.394 e. The van der Waals surface area contributed by atoms with Gasteiger partial charge < -0.3 is 31.8 Å². The van der Waals surface area contributed by atoms with Crippen molar-refractivity contribution in [3.63, 3.8) is 0 Å². The minimum Gasteiger partial charge on any atom is -0.394 e. The highest BCUT2D eigenvalue weighted by atomic mass is 16.6. The molecule has 4 atom stereocenters. The maximum atomic E-state index is 9.32. The summed E-state index contributed by atoms with van der Waals surface area (Å²) >= 11 is 0. The van der Waals surface area contributed by atoms with E-state index in [-0.39, 0.29) is 18.4 Å². The molecule has 114 valence electrons. The zero-order valence-corrected chi connectivity index (χ0v) is 11.4. The van der Waals surface area contributed by atoms with Crippen LogP contribution < -0.4 is 17.2 Å². The fraction of sp³-hybridized carbons (Fsp3) is 0.545. The van der Waals surface area contributed by atoms with Crippen molar-refractivity contribution >= 4 is 22.9 Å². The monoisotopic (exact) mass is 295 g/mol. The summed E-state index contributed by atoms with van der Waals surface area (Å²) in [6, 6.07) is -0.473. The maximum absolute atomic E-state index is 9.32. The molecule has 1 saturated heterocycles. The molecule has 3 heterocycles. The number of nitrogen functional groups attached to an aromatic ring is 2. The molecule has 0 spiro atoms. The average molecular weight is 295 g/mol. The second-order valence-electron chi connectivity index (χ2n) is 4.82. The zero-order chi connectivity index (χ0) is 15.1. The van der Waals surface area contributed by atoms with E-state index >= 15 is 0 Å². The summed E-state index contributed by atoms with van der Waals surface area (Å²) in [5.74, 6) is 0.225. The molecule has 10 nitrogen and oxygen atoms in total. The van der Waals surface area contributed by atoms with Gasteiger partial charge in [-0.3, -0.25) is 4.57 Å². The number of ether oxygens (including phenoxy) is 2. The van der Waals surface area contributed by atoms with Crippen LogP contribution in [0.25, 0.3) is 11.2 Å². The topological polar surface area (TPSA) is 160 Å². The Hall–Kier alpha value is -2.01. The van der Waals surface area contributed by atoms with Gasteiger partial charge in [0, 0.05) is 7.11 Å². The van der Waals surface area contributed by atoms with Crippen molar-refractivity contribution < 1.29 is 14.6 Å². The molecule has 3 rings (SSSR count). The van der Waals surface area contributed by atoms with E-state index in [0.29, 0.717) is 11.2 Å². The molecule has 1 aliphatic rings. The summed E-state index contributed by atoms with van der Waals surface area (Å²) < 4.78 is 12.8. The lowest BCUT2D eigenvalue weighted by atomic mass is 10.1. The van der Waals surface area contributed by atoms with Crippen LogP contribution in [0.4, 0.5) is 11.8 Å². The Balaban J connectivity index is 2.08. The van der Waals surface area contributed by atoms with Gasteiger partial charge in [-0.25, -0.2) is 4.98 Å². The Kier molecular flexibility index (Phi) is 3.37. The molecular formula is C11H17N7O3. The molecule has 2 aromatic rings. The molecule has 0 bridgehead atoms. The maximum Gasteiger partial charge on any atom is 0.224 e. The van der Waals surface area contributed by atoms with Crippen molar-refractivity contribution in [2.24, 2.45) is 5.73 Å². The van der Waals surface area contributed by atoms with Crippen molar-refractivity contribution in [2.45, 2.75) is 24.5 Å². The Morgan fingerprint density at radius 2 is 2.19 bits per heavy atom. The van der Waals surface area contributed by atoms with Gasteiger partial charge in [0.25, 0.3) is 0 Å². The van der Waals surface area contributed by atoms with E-state index in [0.717, 1.165) is 0 Å². The quantitative estimate of drug-likeness (QED) is 0.513. The predicted octanol–water partition coefficient (Wildman–Crippen LogP) is -1.78. The summed E-state index contributed by atoms with van der Waals surface area (Å²) in [4.78, 5) is 12.2. The molecule has 21 heavy (non-hydrogen) atoms. The number of imidazole rings is 1. The molecule has 0 saturated carbocycles. The van der Waals surface area contributed by atoms with Crippen molar-refractivity contribution in [3.8, 4) is 0 Å². The van der Waals surface area contributed by atoms with Crippen molar-refractivity contribution in [1.29, 1.82) is 0 Å². The Bertz CT molecular complexity index is 661. The number of nitrogens with zero attached hydrogens (tertiary/aromatic N) is 4. The van der Waals surface area contributed by atoms with Crippen LogP contribution in [0.15, 0.2) is 6.33 Å². The van der Waals surface area contributed by atoms with Crippen LogP contribution in [0.2, 0.25) is 0 Å². The Labute approximate surface area is 119 Å². The normalized spacial score (nSPS) is 29.3. The van der Waals surface area contributed by atoms with Gasteiger partial charge >= 0.3 is 0 Å². The number of aliphatic hydroxyl groups is 1. The van der Waals surface area contributed by atoms with Crippen LogP contribution in [0.3, 0.4) is 0 Å². The third kappa shape index (κ3) is 2.08. The highest BCUT2D eigenvalue weighted by Crippen LogP contribution is 2.32. The number of anilines is 2. The van der Waals surface area contributed by atoms with E-state index < -0.39 is 24.5 Å². The van der Waals surface area contributed by atoms with Gasteiger partial charge in [-0.1, -0.05) is 0 Å². The van der Waals surface area contributed by atoms with Gasteiger partial charge in [-0.15, -0.1) is 0 Å². The first kappa shape index (κ1) is 13.9. The average Bonchev–Trinajstić information content (AvgIpc) is 2.99. The predicted molar refractivity (Wildman–Crippen MR) is 73.9 cm³/mol. The second kappa shape index (κ2) is 5.07. The third-order valence-corrected chi connectivity index (χ3v) is 3.60. The number of methoxy groups -OCH3 is 1. The SMILES string of the molecule is COC1C(N)[C@@H](CO)O[C@H]1n1cnc2c(N)nc(N)nc21. The van der Waals surface area contributed by atoms with Gasteiger partial charge in [0.2, 0.25) is 5.95 Å². The lowest BCUT2D eigenvalue weighted by Gasteiger charge is -2.20. The highest BCUT2D eigenvalue weighted by molar-refractivity contribution is 5.82. The van der Waals surface area contributed by atoms with Gasteiger partial charge in [-0.2, -0.15) is 9.97 Å². The lowest BCUT2D eigenvalue weighted by molar-refractivity contribution is -0.0583. The number of nitrogens with two attached hydrogens (primary N) is 3. The fourth-order valence-electron chi connectivity index (χ4n) is 2.55. The van der Waals surface area contributed by atoms with E-state index in [1.54, 1.807) is 4.57 Å². The van der Waals surface area contributed by atoms with E-state index in [1.807, 2.05) is 0 Å². The first-order valence-electron chi connectivity index (χ1n) is 6.37. The summed E-state index contributed by atoms with van der Waals surface area (Å²) in [5, 5.41) is 9.32. The van der Waals surface area contributed by atoms with E-state index in [4.69, 9.17) is 26.7 Å². The van der Waals surface area contributed by atoms with Gasteiger partial charge in [0.05, 0.1) is 19.0 Å². The zero-order valence-electron chi connectivity index (χ0n) is 11.4. The summed E-state index contributed by atoms with van der Waals surface area (Å²) in [5.41, 5.74) is 18.3. The van der Waals surface area contributed by atoms with Gasteiger partial charge in [0.1, 0.15) is 17.7 Å². The van der Waals surface area contributed by atoms with Crippen molar-refractivity contribution in [1.82, 2.24) is 19.5 Å². The molecule has 10 heteroatoms. The van der Waals surface area contributed by atoms with Gasteiger partial charge in [0.15, 0.2) is 17.7 Å². The molecule has 2 unspecified atom stereocenters. The third-order valence-electron chi connectivity index (χ3n) is 3.60. The number of hydrogen-bond acceptors (Lipinski definition) is 9. The molecule has 2 aromatic heterocycles. The van der Waals surface area contributed by atoms with Crippen molar-refractivity contribution in [3.05, 3.63) is 6.33 Å². The minimum absolute atomic E-state index is 0.0386. The number of aliphatic hydroxyl groups excluding tert-OH is 1. The van der Waals surface area contributed by atoms with Crippen LogP contribution in [0.1, 0.15) is 6.23 Å². The van der Waals surface area contributed by atoms with Gasteiger partial charge in [-0.05, 0) is 0 Å². The molecule has 1 aliphatic heterocycles. The number of rotatable bonds is 3. The lowest BCUT2D eigenvalue weighted by Crippen LogP contribution is -2.42. The van der Waals surface area contributed by atoms with E-state index in [1.165, 1.54) is 13.4 Å². The molecular weight excluding hydrogens is 278 g/mol. The smallest absolute Gasteiger partial charge is 0.224 e. The second-order valence-corrected chi connectivity index (χ2v) is 4.82. The van der Waals surface area contributed by atoms with E-state index in [9.17, 15) is 5.11 Å². The Morgan fingerprint density at radius 1 is 1.43 bits per heavy atom. The van der Waals surface area contributed by atoms with Crippen molar-refractivity contribution in [2.75, 3.05) is 25.2 Å². The number of fused-ring (bicyclic) bond motifs is 1. The summed E-state index contributed by atoms with van der Waals surface area (Å²) in [6.07, 6.45) is -0.0649. The molecule has 0 amide bonds.